The van der Waals surface area contributed by atoms with E-state index in [9.17, 15) is 14.4 Å². The highest BCUT2D eigenvalue weighted by molar-refractivity contribution is 5.71. The first-order valence-electron chi connectivity index (χ1n) is 28.9. The van der Waals surface area contributed by atoms with Crippen molar-refractivity contribution in [1.29, 1.82) is 0 Å². The number of esters is 3. The van der Waals surface area contributed by atoms with Gasteiger partial charge in [0.25, 0.3) is 0 Å². The molecule has 1 atom stereocenters. The predicted octanol–water partition coefficient (Wildman–Crippen LogP) is 19.4. The lowest BCUT2D eigenvalue weighted by Gasteiger charge is -2.18. The Morgan fingerprint density at radius 3 is 0.897 bits per heavy atom. The third-order valence-corrected chi connectivity index (χ3v) is 12.4. The average molecular weight is 950 g/mol. The average Bonchev–Trinajstić information content (AvgIpc) is 3.34. The number of unbranched alkanes of at least 4 members (excludes halogenated alkanes) is 29. The highest BCUT2D eigenvalue weighted by Gasteiger charge is 2.19. The van der Waals surface area contributed by atoms with E-state index in [-0.39, 0.29) is 31.1 Å². The summed E-state index contributed by atoms with van der Waals surface area (Å²) in [6.07, 6.45) is 72.1. The third-order valence-electron chi connectivity index (χ3n) is 12.4. The van der Waals surface area contributed by atoms with Gasteiger partial charge in [0.2, 0.25) is 0 Å². The lowest BCUT2D eigenvalue weighted by Crippen LogP contribution is -2.30. The largest absolute Gasteiger partial charge is 0.462 e. The van der Waals surface area contributed by atoms with Crippen LogP contribution in [0.4, 0.5) is 0 Å². The van der Waals surface area contributed by atoms with Crippen LogP contribution in [0, 0.1) is 0 Å². The first-order valence-corrected chi connectivity index (χ1v) is 28.9. The summed E-state index contributed by atoms with van der Waals surface area (Å²) in [5.74, 6) is -0.888. The molecule has 0 fully saturated rings. The van der Waals surface area contributed by atoms with Gasteiger partial charge in [0.15, 0.2) is 6.10 Å². The van der Waals surface area contributed by atoms with Crippen molar-refractivity contribution in [2.45, 2.75) is 290 Å². The quantitative estimate of drug-likeness (QED) is 0.0262. The molecule has 392 valence electrons. The van der Waals surface area contributed by atoms with Gasteiger partial charge in [0.1, 0.15) is 13.2 Å². The molecule has 0 heterocycles. The Morgan fingerprint density at radius 1 is 0.309 bits per heavy atom. The second-order valence-electron chi connectivity index (χ2n) is 19.2. The fraction of sp³-hybridized carbons (Fsp3) is 0.758. The lowest BCUT2D eigenvalue weighted by molar-refractivity contribution is -0.167. The maximum atomic E-state index is 12.8. The van der Waals surface area contributed by atoms with Crippen molar-refractivity contribution in [1.82, 2.24) is 0 Å². The zero-order valence-electron chi connectivity index (χ0n) is 44.9. The van der Waals surface area contributed by atoms with Crippen molar-refractivity contribution < 1.29 is 28.6 Å². The summed E-state index contributed by atoms with van der Waals surface area (Å²) in [6.45, 7) is 6.47. The van der Waals surface area contributed by atoms with E-state index in [0.717, 1.165) is 89.9 Å². The van der Waals surface area contributed by atoms with E-state index in [1.54, 1.807) is 0 Å². The van der Waals surface area contributed by atoms with E-state index in [0.29, 0.717) is 19.3 Å². The van der Waals surface area contributed by atoms with Crippen molar-refractivity contribution in [3.8, 4) is 0 Å². The van der Waals surface area contributed by atoms with Gasteiger partial charge in [-0.2, -0.15) is 0 Å². The molecule has 1 unspecified atom stereocenters. The van der Waals surface area contributed by atoms with Gasteiger partial charge in [-0.25, -0.2) is 0 Å². The zero-order valence-corrected chi connectivity index (χ0v) is 44.9. The Balaban J connectivity index is 4.15. The van der Waals surface area contributed by atoms with Gasteiger partial charge >= 0.3 is 17.9 Å². The molecule has 0 aromatic carbocycles. The van der Waals surface area contributed by atoms with Crippen LogP contribution in [0.2, 0.25) is 0 Å². The van der Waals surface area contributed by atoms with Gasteiger partial charge in [-0.05, 0) is 89.9 Å². The van der Waals surface area contributed by atoms with E-state index in [1.165, 1.54) is 154 Å². The van der Waals surface area contributed by atoms with Crippen LogP contribution in [0.1, 0.15) is 284 Å². The zero-order chi connectivity index (χ0) is 49.3. The molecule has 0 N–H and O–H groups in total. The van der Waals surface area contributed by atoms with Crippen molar-refractivity contribution in [2.24, 2.45) is 0 Å². The maximum absolute atomic E-state index is 12.8. The van der Waals surface area contributed by atoms with Crippen LogP contribution in [-0.2, 0) is 28.6 Å². The molecule has 6 nitrogen and oxygen atoms in total. The summed E-state index contributed by atoms with van der Waals surface area (Å²) in [5, 5.41) is 0. The molecule has 0 aromatic heterocycles. The molecule has 0 saturated carbocycles. The molecule has 0 spiro atoms. The molecule has 0 aromatic rings. The summed E-state index contributed by atoms with van der Waals surface area (Å²) in [4.78, 5) is 37.9. The third kappa shape index (κ3) is 53.8. The second kappa shape index (κ2) is 56.4. The maximum Gasteiger partial charge on any atom is 0.306 e. The van der Waals surface area contributed by atoms with Gasteiger partial charge in [-0.1, -0.05) is 248 Å². The number of hydrogen-bond acceptors (Lipinski definition) is 6. The fourth-order valence-electron chi connectivity index (χ4n) is 8.11. The normalized spacial score (nSPS) is 12.6. The molecule has 6 heteroatoms. The van der Waals surface area contributed by atoms with Gasteiger partial charge in [0.05, 0.1) is 0 Å². The molecule has 0 rings (SSSR count). The molecular weight excluding hydrogens is 841 g/mol. The van der Waals surface area contributed by atoms with Crippen molar-refractivity contribution in [3.05, 3.63) is 72.9 Å². The summed E-state index contributed by atoms with van der Waals surface area (Å²) in [6, 6.07) is 0. The predicted molar refractivity (Wildman–Crippen MR) is 293 cm³/mol. The molecule has 0 aliphatic rings. The van der Waals surface area contributed by atoms with Crippen molar-refractivity contribution in [2.75, 3.05) is 13.2 Å². The van der Waals surface area contributed by atoms with Crippen LogP contribution in [0.15, 0.2) is 72.9 Å². The van der Waals surface area contributed by atoms with Crippen LogP contribution in [-0.4, -0.2) is 37.2 Å². The molecule has 0 aliphatic carbocycles. The number of ether oxygens (including phenoxy) is 3. The second-order valence-corrected chi connectivity index (χ2v) is 19.2. The number of allylic oxidation sites excluding steroid dienone is 12. The van der Waals surface area contributed by atoms with Crippen LogP contribution in [0.5, 0.6) is 0 Å². The Hall–Kier alpha value is -3.15. The fourth-order valence-corrected chi connectivity index (χ4v) is 8.11. The molecule has 0 bridgehead atoms. The SMILES string of the molecule is CC/C=C\C/C=C\C/C=C\C/C=C\CCCCCCCCCCCCC(=O)OCC(COC(=O)CCCCCCCC)OC(=O)CCCCCCCCCCC/C=C\C/C=C\CCCCCCC. The van der Waals surface area contributed by atoms with Gasteiger partial charge in [-0.3, -0.25) is 14.4 Å². The van der Waals surface area contributed by atoms with Gasteiger partial charge in [-0.15, -0.1) is 0 Å². The summed E-state index contributed by atoms with van der Waals surface area (Å²) < 4.78 is 16.8. The van der Waals surface area contributed by atoms with Gasteiger partial charge in [0, 0.05) is 19.3 Å². The smallest absolute Gasteiger partial charge is 0.306 e. The summed E-state index contributed by atoms with van der Waals surface area (Å²) in [7, 11) is 0. The minimum Gasteiger partial charge on any atom is -0.462 e. The topological polar surface area (TPSA) is 78.9 Å². The lowest BCUT2D eigenvalue weighted by atomic mass is 10.1. The highest BCUT2D eigenvalue weighted by atomic mass is 16.6. The standard InChI is InChI=1S/C62H108O6/c1-4-7-10-13-16-18-20-22-24-26-28-30-31-33-34-36-38-40-42-44-46-49-52-55-61(64)67-58-59(57-66-60(63)54-51-48-15-12-9-6-3)68-62(65)56-53-50-47-45-43-41-39-37-35-32-29-27-25-23-21-19-17-14-11-8-5-2/h7,10,16,18,21-24,27-30,59H,4-6,8-9,11-15,17,19-20,25-26,31-58H2,1-3H3/b10-7-,18-16-,23-21-,24-22-,29-27-,30-28-. The first kappa shape index (κ1) is 64.8. The van der Waals surface area contributed by atoms with E-state index in [2.05, 4.69) is 93.7 Å². The van der Waals surface area contributed by atoms with Crippen LogP contribution >= 0.6 is 0 Å². The Labute approximate surface area is 421 Å². The minimum absolute atomic E-state index is 0.0775. The number of carbonyl (C=O) groups excluding carboxylic acids is 3. The summed E-state index contributed by atoms with van der Waals surface area (Å²) in [5.41, 5.74) is 0. The molecule has 0 aliphatic heterocycles. The van der Waals surface area contributed by atoms with Crippen LogP contribution in [0.3, 0.4) is 0 Å². The number of rotatable bonds is 52. The number of carbonyl (C=O) groups is 3. The monoisotopic (exact) mass is 949 g/mol. The van der Waals surface area contributed by atoms with Crippen molar-refractivity contribution >= 4 is 17.9 Å². The molecule has 0 amide bonds. The van der Waals surface area contributed by atoms with Gasteiger partial charge < -0.3 is 14.2 Å². The molecule has 0 radical (unpaired) electrons. The Morgan fingerprint density at radius 2 is 0.574 bits per heavy atom. The highest BCUT2D eigenvalue weighted by Crippen LogP contribution is 2.15. The molecule has 0 saturated heterocycles. The van der Waals surface area contributed by atoms with E-state index < -0.39 is 6.10 Å². The first-order chi connectivity index (χ1) is 33.5. The molecule has 68 heavy (non-hydrogen) atoms. The Bertz CT molecular complexity index is 1270. The van der Waals surface area contributed by atoms with Crippen molar-refractivity contribution in [3.63, 3.8) is 0 Å². The Kier molecular flexibility index (Phi) is 53.8. The van der Waals surface area contributed by atoms with Crippen LogP contribution in [0.25, 0.3) is 0 Å². The summed E-state index contributed by atoms with van der Waals surface area (Å²) >= 11 is 0. The van der Waals surface area contributed by atoms with E-state index >= 15 is 0 Å². The molecular formula is C62H108O6. The van der Waals surface area contributed by atoms with E-state index in [1.807, 2.05) is 0 Å². The minimum atomic E-state index is -0.776. The number of hydrogen-bond donors (Lipinski definition) is 0. The van der Waals surface area contributed by atoms with E-state index in [4.69, 9.17) is 14.2 Å². The van der Waals surface area contributed by atoms with Crippen LogP contribution < -0.4 is 0 Å².